The molecule has 2 aliphatic heterocycles. The lowest BCUT2D eigenvalue weighted by Crippen LogP contribution is -2.54. The van der Waals surface area contributed by atoms with Gasteiger partial charge in [-0.3, -0.25) is 0 Å². The summed E-state index contributed by atoms with van der Waals surface area (Å²) in [5, 5.41) is 23.6. The van der Waals surface area contributed by atoms with Gasteiger partial charge in [0.2, 0.25) is 0 Å². The van der Waals surface area contributed by atoms with E-state index < -0.39 is 17.4 Å². The highest BCUT2D eigenvalue weighted by molar-refractivity contribution is 5.96. The second-order valence-corrected chi connectivity index (χ2v) is 8.89. The van der Waals surface area contributed by atoms with Crippen LogP contribution in [-0.2, 0) is 19.1 Å². The van der Waals surface area contributed by atoms with Crippen molar-refractivity contribution in [3.05, 3.63) is 0 Å². The minimum atomic E-state index is -1.86. The highest BCUT2D eigenvalue weighted by atomic mass is 16.6. The summed E-state index contributed by atoms with van der Waals surface area (Å²) in [7, 11) is 0. The van der Waals surface area contributed by atoms with Crippen LogP contribution in [0, 0.1) is 17.3 Å². The predicted octanol–water partition coefficient (Wildman–Crippen LogP) is 0.558. The Morgan fingerprint density at radius 2 is 1.38 bits per heavy atom. The third-order valence-electron chi connectivity index (χ3n) is 7.11. The molecule has 0 amide bonds. The van der Waals surface area contributed by atoms with Gasteiger partial charge in [0.15, 0.2) is 0 Å². The van der Waals surface area contributed by atoms with E-state index in [2.05, 4.69) is 0 Å². The summed E-state index contributed by atoms with van der Waals surface area (Å²) in [6.07, 6.45) is 10.0. The number of carboxylic acids is 2. The molecule has 6 nitrogen and oxygen atoms in total. The molecule has 0 radical (unpaired) electrons. The van der Waals surface area contributed by atoms with Gasteiger partial charge in [-0.1, -0.05) is 19.3 Å². The summed E-state index contributed by atoms with van der Waals surface area (Å²) in [4.78, 5) is 23.6. The first-order valence-corrected chi connectivity index (χ1v) is 10.2. The third-order valence-corrected chi connectivity index (χ3v) is 7.11. The molecule has 4 fully saturated rings. The molecule has 6 heteroatoms. The molecule has 0 N–H and O–H groups in total. The van der Waals surface area contributed by atoms with E-state index in [9.17, 15) is 19.8 Å². The Kier molecular flexibility index (Phi) is 4.99. The van der Waals surface area contributed by atoms with Crippen molar-refractivity contribution in [3.63, 3.8) is 0 Å². The average molecular weight is 364 g/mol. The maximum atomic E-state index is 11.8. The number of hydrogen-bond donors (Lipinski definition) is 0. The highest BCUT2D eigenvalue weighted by Crippen LogP contribution is 2.45. The lowest BCUT2D eigenvalue weighted by molar-refractivity contribution is -0.345. The molecule has 0 aromatic rings. The van der Waals surface area contributed by atoms with Crippen molar-refractivity contribution in [1.29, 1.82) is 0 Å². The first kappa shape index (κ1) is 18.2. The summed E-state index contributed by atoms with van der Waals surface area (Å²) in [5.74, 6) is -2.27. The highest BCUT2D eigenvalue weighted by Gasteiger charge is 2.47. The quantitative estimate of drug-likeness (QED) is 0.336. The van der Waals surface area contributed by atoms with Gasteiger partial charge in [-0.25, -0.2) is 0 Å². The molecule has 146 valence electrons. The molecule has 6 unspecified atom stereocenters. The zero-order valence-corrected chi connectivity index (χ0v) is 15.2. The number of epoxide rings is 2. The van der Waals surface area contributed by atoms with Crippen LogP contribution >= 0.6 is 0 Å². The van der Waals surface area contributed by atoms with Gasteiger partial charge in [0.1, 0.15) is 0 Å². The van der Waals surface area contributed by atoms with Gasteiger partial charge in [0, 0.05) is 5.41 Å². The molecule has 6 atom stereocenters. The van der Waals surface area contributed by atoms with Gasteiger partial charge in [-0.2, -0.15) is 0 Å². The largest absolute Gasteiger partial charge is 0.549 e. The molecular formula is C20H28O6-2. The van der Waals surface area contributed by atoms with Crippen LogP contribution in [0.2, 0.25) is 0 Å². The van der Waals surface area contributed by atoms with Crippen LogP contribution in [0.4, 0.5) is 0 Å². The van der Waals surface area contributed by atoms with Gasteiger partial charge in [0.25, 0.3) is 0 Å². The van der Waals surface area contributed by atoms with Crippen LogP contribution < -0.4 is 10.2 Å². The Balaban J connectivity index is 1.29. The first-order chi connectivity index (χ1) is 12.5. The van der Waals surface area contributed by atoms with Crippen molar-refractivity contribution in [2.24, 2.45) is 17.3 Å². The zero-order chi connectivity index (χ0) is 18.3. The second-order valence-electron chi connectivity index (χ2n) is 8.89. The van der Waals surface area contributed by atoms with Crippen LogP contribution in [0.3, 0.4) is 0 Å². The average Bonchev–Trinajstić information content (AvgIpc) is 3.50. The third kappa shape index (κ3) is 3.77. The van der Waals surface area contributed by atoms with Gasteiger partial charge in [0.05, 0.1) is 36.4 Å². The van der Waals surface area contributed by atoms with Crippen molar-refractivity contribution < 1.29 is 29.3 Å². The Morgan fingerprint density at radius 3 is 1.96 bits per heavy atom. The number of carbonyl (C=O) groups is 2. The number of unbranched alkanes of at least 4 members (excludes halogenated alkanes) is 1. The SMILES string of the molecule is O=C([O-])C(CCCCC1CCC2OC2C1)(CC1CCC2OC2C1)C(=O)[O-]. The van der Waals surface area contributed by atoms with Crippen molar-refractivity contribution in [3.8, 4) is 0 Å². The van der Waals surface area contributed by atoms with Gasteiger partial charge < -0.3 is 29.3 Å². The van der Waals surface area contributed by atoms with Crippen LogP contribution in [0.15, 0.2) is 0 Å². The van der Waals surface area contributed by atoms with E-state index in [0.717, 1.165) is 51.4 Å². The predicted molar refractivity (Wildman–Crippen MR) is 87.5 cm³/mol. The van der Waals surface area contributed by atoms with Crippen LogP contribution in [-0.4, -0.2) is 36.4 Å². The van der Waals surface area contributed by atoms with Crippen molar-refractivity contribution in [2.45, 2.75) is 95.0 Å². The molecule has 2 saturated carbocycles. The number of aliphatic carboxylic acids is 2. The monoisotopic (exact) mass is 364 g/mol. The van der Waals surface area contributed by atoms with Gasteiger partial charge in [-0.05, 0) is 63.2 Å². The molecule has 0 spiro atoms. The van der Waals surface area contributed by atoms with Gasteiger partial charge in [-0.15, -0.1) is 0 Å². The number of hydrogen-bond acceptors (Lipinski definition) is 6. The van der Waals surface area contributed by atoms with E-state index in [0.29, 0.717) is 30.7 Å². The lowest BCUT2D eigenvalue weighted by atomic mass is 9.71. The van der Waals surface area contributed by atoms with E-state index in [1.807, 2.05) is 0 Å². The lowest BCUT2D eigenvalue weighted by Gasteiger charge is -2.39. The van der Waals surface area contributed by atoms with E-state index >= 15 is 0 Å². The topological polar surface area (TPSA) is 105 Å². The van der Waals surface area contributed by atoms with Crippen molar-refractivity contribution in [1.82, 2.24) is 0 Å². The Hall–Kier alpha value is -1.14. The summed E-state index contributed by atoms with van der Waals surface area (Å²) in [5.41, 5.74) is -1.86. The van der Waals surface area contributed by atoms with Crippen LogP contribution in [0.25, 0.3) is 0 Å². The number of fused-ring (bicyclic) bond motifs is 2. The Bertz CT molecular complexity index is 547. The van der Waals surface area contributed by atoms with E-state index in [1.165, 1.54) is 0 Å². The first-order valence-electron chi connectivity index (χ1n) is 10.2. The second kappa shape index (κ2) is 7.12. The van der Waals surface area contributed by atoms with Crippen molar-refractivity contribution in [2.75, 3.05) is 0 Å². The minimum Gasteiger partial charge on any atom is -0.549 e. The summed E-state index contributed by atoms with van der Waals surface area (Å²) >= 11 is 0. The fraction of sp³-hybridized carbons (Fsp3) is 0.900. The molecule has 4 rings (SSSR count). The summed E-state index contributed by atoms with van der Waals surface area (Å²) < 4.78 is 11.0. The van der Waals surface area contributed by atoms with E-state index in [-0.39, 0.29) is 24.9 Å². The summed E-state index contributed by atoms with van der Waals surface area (Å²) in [6, 6.07) is 0. The van der Waals surface area contributed by atoms with Crippen LogP contribution in [0.5, 0.6) is 0 Å². The smallest absolute Gasteiger partial charge is 0.0844 e. The fourth-order valence-corrected chi connectivity index (χ4v) is 5.33. The van der Waals surface area contributed by atoms with E-state index in [4.69, 9.17) is 9.47 Å². The molecule has 2 saturated heterocycles. The molecular weight excluding hydrogens is 336 g/mol. The van der Waals surface area contributed by atoms with E-state index in [1.54, 1.807) is 0 Å². The molecule has 2 aliphatic carbocycles. The Morgan fingerprint density at radius 1 is 0.808 bits per heavy atom. The normalized spacial score (nSPS) is 38.2. The molecule has 2 heterocycles. The molecule has 0 aromatic carbocycles. The minimum absolute atomic E-state index is 0.0665. The number of carboxylic acid groups (broad SMARTS) is 2. The molecule has 26 heavy (non-hydrogen) atoms. The molecule has 0 aromatic heterocycles. The van der Waals surface area contributed by atoms with Crippen molar-refractivity contribution >= 4 is 11.9 Å². The van der Waals surface area contributed by atoms with Gasteiger partial charge >= 0.3 is 0 Å². The number of carbonyl (C=O) groups excluding carboxylic acids is 2. The summed E-state index contributed by atoms with van der Waals surface area (Å²) in [6.45, 7) is 0. The number of rotatable bonds is 9. The Labute approximate surface area is 154 Å². The molecule has 0 bridgehead atoms. The molecule has 4 aliphatic rings. The fourth-order valence-electron chi connectivity index (χ4n) is 5.33. The number of ether oxygens (including phenoxy) is 2. The van der Waals surface area contributed by atoms with Crippen LogP contribution in [0.1, 0.15) is 70.6 Å². The standard InChI is InChI=1S/C20H30O6/c21-18(22)20(19(23)24,11-13-5-7-15-17(10-13)26-15)8-2-1-3-12-4-6-14-16(9-12)25-14/h12-17H,1-11H2,(H,21,22)(H,23,24)/p-2. The maximum absolute atomic E-state index is 11.8. The zero-order valence-electron chi connectivity index (χ0n) is 15.2. The maximum Gasteiger partial charge on any atom is 0.0844 e.